The number of rotatable bonds is 7. The van der Waals surface area contributed by atoms with Crippen molar-refractivity contribution in [2.24, 2.45) is 0 Å². The quantitative estimate of drug-likeness (QED) is 0.781. The molecule has 0 aliphatic carbocycles. The summed E-state index contributed by atoms with van der Waals surface area (Å²) >= 11 is 0. The van der Waals surface area contributed by atoms with Crippen LogP contribution in [0.2, 0.25) is 0 Å². The number of aryl methyl sites for hydroxylation is 3. The predicted octanol–water partition coefficient (Wildman–Crippen LogP) is 2.86. The van der Waals surface area contributed by atoms with Gasteiger partial charge >= 0.3 is 0 Å². The van der Waals surface area contributed by atoms with Crippen LogP contribution in [-0.4, -0.2) is 65.3 Å². The third-order valence-corrected chi connectivity index (χ3v) is 5.88. The van der Waals surface area contributed by atoms with Gasteiger partial charge < -0.3 is 10.2 Å². The van der Waals surface area contributed by atoms with Gasteiger partial charge in [-0.25, -0.2) is 0 Å². The average Bonchev–Trinajstić information content (AvgIpc) is 3.03. The molecule has 1 amide bonds. The van der Waals surface area contributed by atoms with E-state index in [2.05, 4.69) is 71.4 Å². The minimum absolute atomic E-state index is 0.0464. The number of hydrogen-bond donors (Lipinski definition) is 1. The summed E-state index contributed by atoms with van der Waals surface area (Å²) < 4.78 is 1.95. The average molecular weight is 398 g/mol. The fraction of sp³-hybridized carbons (Fsp3) is 0.565. The van der Waals surface area contributed by atoms with Crippen molar-refractivity contribution in [1.29, 1.82) is 0 Å². The Morgan fingerprint density at radius 1 is 1.10 bits per heavy atom. The molecule has 0 unspecified atom stereocenters. The Balaban J connectivity index is 1.63. The van der Waals surface area contributed by atoms with Crippen LogP contribution in [0, 0.1) is 20.8 Å². The molecule has 2 atom stereocenters. The Bertz CT molecular complexity index is 805. The third-order valence-electron chi connectivity index (χ3n) is 5.88. The summed E-state index contributed by atoms with van der Waals surface area (Å²) in [6.07, 6.45) is 0.436. The van der Waals surface area contributed by atoms with Crippen LogP contribution in [0.15, 0.2) is 30.3 Å². The van der Waals surface area contributed by atoms with Gasteiger partial charge in [0.25, 0.3) is 0 Å². The lowest BCUT2D eigenvalue weighted by atomic mass is 10.0. The van der Waals surface area contributed by atoms with Crippen LogP contribution in [0.25, 0.3) is 0 Å². The molecule has 2 aromatic rings. The second-order valence-electron chi connectivity index (χ2n) is 8.49. The molecule has 158 valence electrons. The lowest BCUT2D eigenvalue weighted by molar-refractivity contribution is -0.122. The maximum Gasteiger partial charge on any atom is 0.222 e. The Morgan fingerprint density at radius 2 is 1.76 bits per heavy atom. The zero-order valence-electron chi connectivity index (χ0n) is 18.5. The van der Waals surface area contributed by atoms with Gasteiger partial charge in [0.1, 0.15) is 0 Å². The summed E-state index contributed by atoms with van der Waals surface area (Å²) in [5.74, 6) is 0.0799. The zero-order chi connectivity index (χ0) is 21.0. The van der Waals surface area contributed by atoms with Crippen molar-refractivity contribution in [3.8, 4) is 0 Å². The smallest absolute Gasteiger partial charge is 0.222 e. The molecule has 1 fully saturated rings. The fourth-order valence-electron chi connectivity index (χ4n) is 4.11. The second-order valence-corrected chi connectivity index (χ2v) is 8.49. The van der Waals surface area contributed by atoms with E-state index in [1.165, 1.54) is 11.1 Å². The molecule has 1 saturated heterocycles. The largest absolute Gasteiger partial charge is 0.354 e. The number of benzene rings is 1. The number of piperazine rings is 1. The van der Waals surface area contributed by atoms with E-state index in [1.807, 2.05) is 18.5 Å². The number of nitrogens with one attached hydrogen (secondary N) is 1. The lowest BCUT2D eigenvalue weighted by Crippen LogP contribution is -2.48. The molecular formula is C23H35N5O. The number of nitrogens with zero attached hydrogens (tertiary/aromatic N) is 4. The topological polar surface area (TPSA) is 53.4 Å². The fourth-order valence-corrected chi connectivity index (χ4v) is 4.11. The van der Waals surface area contributed by atoms with Crippen molar-refractivity contribution >= 4 is 5.91 Å². The van der Waals surface area contributed by atoms with E-state index in [9.17, 15) is 4.79 Å². The monoisotopic (exact) mass is 397 g/mol. The van der Waals surface area contributed by atoms with Gasteiger partial charge in [0.15, 0.2) is 0 Å². The number of aromatic nitrogens is 2. The van der Waals surface area contributed by atoms with Gasteiger partial charge in [0, 0.05) is 44.8 Å². The van der Waals surface area contributed by atoms with Crippen LogP contribution >= 0.6 is 0 Å². The molecule has 0 radical (unpaired) electrons. The van der Waals surface area contributed by atoms with E-state index < -0.39 is 0 Å². The van der Waals surface area contributed by atoms with E-state index >= 15 is 0 Å². The molecule has 1 aromatic heterocycles. The molecule has 1 aliphatic rings. The minimum Gasteiger partial charge on any atom is -0.354 e. The Kier molecular flexibility index (Phi) is 7.09. The summed E-state index contributed by atoms with van der Waals surface area (Å²) in [7, 11) is 2.17. The summed E-state index contributed by atoms with van der Waals surface area (Å²) in [5.41, 5.74) is 4.61. The normalized spacial score (nSPS) is 17.8. The van der Waals surface area contributed by atoms with Gasteiger partial charge in [-0.05, 0) is 46.4 Å². The highest BCUT2D eigenvalue weighted by Gasteiger charge is 2.25. The van der Waals surface area contributed by atoms with Crippen LogP contribution in [0.1, 0.15) is 47.9 Å². The first kappa shape index (κ1) is 21.5. The van der Waals surface area contributed by atoms with Crippen molar-refractivity contribution in [3.05, 3.63) is 52.8 Å². The van der Waals surface area contributed by atoms with Crippen LogP contribution in [-0.2, 0) is 4.79 Å². The molecule has 0 spiro atoms. The summed E-state index contributed by atoms with van der Waals surface area (Å²) in [6.45, 7) is 13.0. The van der Waals surface area contributed by atoms with Gasteiger partial charge in [0.2, 0.25) is 5.91 Å². The number of likely N-dealkylation sites (N-methyl/N-ethyl adjacent to an activating group) is 1. The van der Waals surface area contributed by atoms with E-state index in [-0.39, 0.29) is 18.0 Å². The Morgan fingerprint density at radius 3 is 2.34 bits per heavy atom. The molecular weight excluding hydrogens is 362 g/mol. The molecule has 3 rings (SSSR count). The van der Waals surface area contributed by atoms with Crippen molar-refractivity contribution in [1.82, 2.24) is 24.9 Å². The van der Waals surface area contributed by atoms with E-state index in [0.29, 0.717) is 13.0 Å². The SMILES string of the molecule is Cc1ccc([C@@H](CNC(=O)C[C@H](C)n2nc(C)cc2C)N2CCN(C)CC2)cc1. The maximum absolute atomic E-state index is 12.7. The number of carbonyl (C=O) groups is 1. The molecule has 1 aromatic carbocycles. The van der Waals surface area contributed by atoms with Crippen molar-refractivity contribution in [2.75, 3.05) is 39.8 Å². The van der Waals surface area contributed by atoms with Gasteiger partial charge in [0.05, 0.1) is 17.8 Å². The molecule has 2 heterocycles. The number of amides is 1. The van der Waals surface area contributed by atoms with Gasteiger partial charge in [-0.3, -0.25) is 14.4 Å². The minimum atomic E-state index is 0.0464. The van der Waals surface area contributed by atoms with Crippen LogP contribution in [0.4, 0.5) is 0 Å². The van der Waals surface area contributed by atoms with Crippen LogP contribution in [0.5, 0.6) is 0 Å². The second kappa shape index (κ2) is 9.55. The predicted molar refractivity (Wildman–Crippen MR) is 117 cm³/mol. The first-order chi connectivity index (χ1) is 13.8. The number of hydrogen-bond acceptors (Lipinski definition) is 4. The first-order valence-corrected chi connectivity index (χ1v) is 10.6. The Hall–Kier alpha value is -2.18. The molecule has 0 bridgehead atoms. The zero-order valence-corrected chi connectivity index (χ0v) is 18.5. The van der Waals surface area contributed by atoms with Crippen LogP contribution < -0.4 is 5.32 Å². The summed E-state index contributed by atoms with van der Waals surface area (Å²) in [4.78, 5) is 17.5. The first-order valence-electron chi connectivity index (χ1n) is 10.6. The molecule has 1 aliphatic heterocycles. The van der Waals surface area contributed by atoms with E-state index in [0.717, 1.165) is 37.6 Å². The van der Waals surface area contributed by atoms with Gasteiger partial charge in [-0.2, -0.15) is 5.10 Å². The van der Waals surface area contributed by atoms with Gasteiger partial charge in [-0.1, -0.05) is 29.8 Å². The maximum atomic E-state index is 12.7. The molecule has 0 saturated carbocycles. The molecule has 29 heavy (non-hydrogen) atoms. The molecule has 6 heteroatoms. The van der Waals surface area contributed by atoms with E-state index in [1.54, 1.807) is 0 Å². The van der Waals surface area contributed by atoms with E-state index in [4.69, 9.17) is 0 Å². The van der Waals surface area contributed by atoms with Crippen molar-refractivity contribution in [3.63, 3.8) is 0 Å². The summed E-state index contributed by atoms with van der Waals surface area (Å²) in [6, 6.07) is 11.0. The molecule has 6 nitrogen and oxygen atoms in total. The highest BCUT2D eigenvalue weighted by Crippen LogP contribution is 2.22. The highest BCUT2D eigenvalue weighted by molar-refractivity contribution is 5.76. The van der Waals surface area contributed by atoms with Crippen molar-refractivity contribution < 1.29 is 4.79 Å². The highest BCUT2D eigenvalue weighted by atomic mass is 16.1. The number of carbonyl (C=O) groups excluding carboxylic acids is 1. The van der Waals surface area contributed by atoms with Gasteiger partial charge in [-0.15, -0.1) is 0 Å². The Labute approximate surface area is 174 Å². The summed E-state index contributed by atoms with van der Waals surface area (Å²) in [5, 5.41) is 7.71. The lowest BCUT2D eigenvalue weighted by Gasteiger charge is -2.38. The third kappa shape index (κ3) is 5.67. The van der Waals surface area contributed by atoms with Crippen molar-refractivity contribution in [2.45, 2.75) is 46.2 Å². The van der Waals surface area contributed by atoms with Crippen LogP contribution in [0.3, 0.4) is 0 Å². The molecule has 1 N–H and O–H groups in total. The standard InChI is InChI=1S/C23H35N5O/c1-17-6-8-21(9-7-17)22(27-12-10-26(5)11-13-27)16-24-23(29)15-20(4)28-19(3)14-18(2)25-28/h6-9,14,20,22H,10-13,15-16H2,1-5H3,(H,24,29)/t20-,22+/m0/s1.